The second-order valence-corrected chi connectivity index (χ2v) is 11.5. The Kier molecular flexibility index (Phi) is 6.39. The molecule has 0 aliphatic rings. The molecule has 2 heterocycles. The highest BCUT2D eigenvalue weighted by Gasteiger charge is 2.17. The van der Waals surface area contributed by atoms with Crippen molar-refractivity contribution in [3.05, 3.63) is 158 Å². The highest BCUT2D eigenvalue weighted by atomic mass is 16.3. The van der Waals surface area contributed by atoms with Crippen LogP contribution < -0.4 is 0 Å². The zero-order chi connectivity index (χ0) is 31.2. The van der Waals surface area contributed by atoms with Gasteiger partial charge in [0.2, 0.25) is 5.89 Å². The molecule has 0 radical (unpaired) electrons. The number of nitrogens with zero attached hydrogens (tertiary/aromatic N) is 4. The molecule has 220 valence electrons. The molecule has 0 saturated carbocycles. The second kappa shape index (κ2) is 11.2. The molecule has 0 bridgehead atoms. The van der Waals surface area contributed by atoms with Crippen LogP contribution in [0.25, 0.3) is 89.4 Å². The maximum Gasteiger partial charge on any atom is 0.227 e. The molecule has 5 nitrogen and oxygen atoms in total. The minimum Gasteiger partial charge on any atom is -0.435 e. The standard InChI is InChI=1S/C42H26N4O/c1-4-11-27(12-5-1)32-17-10-18-33(25-32)40-44-39(30-13-6-2-7-14-30)45-41(46-40)34-22-20-28-19-21-29-23-24-36-38(37(29)35(28)26-34)47-42(43-36)31-15-8-3-9-16-31/h1-26H. The van der Waals surface area contributed by atoms with Gasteiger partial charge in [-0.3, -0.25) is 0 Å². The van der Waals surface area contributed by atoms with Crippen molar-refractivity contribution >= 4 is 32.6 Å². The SMILES string of the molecule is c1ccc(-c2cccc(-c3nc(-c4ccccc4)nc(-c4ccc5ccc6ccc7nc(-c8ccccc8)oc7c6c5c4)n3)c2)cc1. The minimum absolute atomic E-state index is 0.604. The Morgan fingerprint density at radius 3 is 1.62 bits per heavy atom. The molecule has 0 N–H and O–H groups in total. The van der Waals surface area contributed by atoms with E-state index in [4.69, 9.17) is 24.4 Å². The first-order chi connectivity index (χ1) is 23.3. The van der Waals surface area contributed by atoms with E-state index >= 15 is 0 Å². The minimum atomic E-state index is 0.604. The van der Waals surface area contributed by atoms with Crippen molar-refractivity contribution in [2.75, 3.05) is 0 Å². The van der Waals surface area contributed by atoms with Crippen LogP contribution in [0.4, 0.5) is 0 Å². The molecule has 0 atom stereocenters. The molecule has 0 aliphatic heterocycles. The molecule has 7 aromatic carbocycles. The quantitative estimate of drug-likeness (QED) is 0.183. The third kappa shape index (κ3) is 4.91. The van der Waals surface area contributed by atoms with Crippen LogP contribution in [0, 0.1) is 0 Å². The van der Waals surface area contributed by atoms with Crippen molar-refractivity contribution in [2.45, 2.75) is 0 Å². The van der Waals surface area contributed by atoms with Crippen molar-refractivity contribution in [3.63, 3.8) is 0 Å². The number of fused-ring (bicyclic) bond motifs is 5. The van der Waals surface area contributed by atoms with E-state index in [9.17, 15) is 0 Å². The van der Waals surface area contributed by atoms with Crippen molar-refractivity contribution in [3.8, 4) is 56.7 Å². The van der Waals surface area contributed by atoms with Crippen LogP contribution in [0.2, 0.25) is 0 Å². The molecule has 2 aromatic heterocycles. The van der Waals surface area contributed by atoms with E-state index in [1.807, 2.05) is 72.8 Å². The zero-order valence-corrected chi connectivity index (χ0v) is 25.2. The Morgan fingerprint density at radius 2 is 0.894 bits per heavy atom. The number of benzene rings is 7. The lowest BCUT2D eigenvalue weighted by atomic mass is 9.99. The number of hydrogen-bond donors (Lipinski definition) is 0. The lowest BCUT2D eigenvalue weighted by Crippen LogP contribution is -2.00. The summed E-state index contributed by atoms with van der Waals surface area (Å²) in [5.41, 5.74) is 7.53. The Bertz CT molecular complexity index is 2560. The van der Waals surface area contributed by atoms with E-state index in [1.54, 1.807) is 0 Å². The van der Waals surface area contributed by atoms with Gasteiger partial charge < -0.3 is 4.42 Å². The normalized spacial score (nSPS) is 11.4. The Labute approximate surface area is 270 Å². The molecular formula is C42H26N4O. The number of hydrogen-bond acceptors (Lipinski definition) is 5. The molecule has 0 unspecified atom stereocenters. The summed E-state index contributed by atoms with van der Waals surface area (Å²) in [4.78, 5) is 19.9. The maximum absolute atomic E-state index is 6.47. The van der Waals surface area contributed by atoms with Gasteiger partial charge in [-0.2, -0.15) is 0 Å². The van der Waals surface area contributed by atoms with Gasteiger partial charge in [-0.25, -0.2) is 19.9 Å². The Balaban J connectivity index is 1.24. The summed E-state index contributed by atoms with van der Waals surface area (Å²) in [6.07, 6.45) is 0. The van der Waals surface area contributed by atoms with Crippen LogP contribution in [0.1, 0.15) is 0 Å². The molecule has 9 rings (SSSR count). The Hall–Kier alpha value is -6.46. The van der Waals surface area contributed by atoms with Crippen LogP contribution in [0.15, 0.2) is 162 Å². The smallest absolute Gasteiger partial charge is 0.227 e. The fourth-order valence-corrected chi connectivity index (χ4v) is 6.18. The van der Waals surface area contributed by atoms with E-state index in [1.165, 1.54) is 0 Å². The largest absolute Gasteiger partial charge is 0.435 e. The van der Waals surface area contributed by atoms with Gasteiger partial charge >= 0.3 is 0 Å². The highest BCUT2D eigenvalue weighted by Crippen LogP contribution is 2.37. The number of rotatable bonds is 5. The highest BCUT2D eigenvalue weighted by molar-refractivity contribution is 6.18. The molecule has 0 fully saturated rings. The average Bonchev–Trinajstić information content (AvgIpc) is 3.60. The van der Waals surface area contributed by atoms with Gasteiger partial charge in [0.15, 0.2) is 23.1 Å². The monoisotopic (exact) mass is 602 g/mol. The van der Waals surface area contributed by atoms with Crippen molar-refractivity contribution in [1.82, 2.24) is 19.9 Å². The lowest BCUT2D eigenvalue weighted by Gasteiger charge is -2.11. The molecule has 0 aliphatic carbocycles. The van der Waals surface area contributed by atoms with Gasteiger partial charge in [-0.15, -0.1) is 0 Å². The molecule has 0 saturated heterocycles. The van der Waals surface area contributed by atoms with E-state index in [-0.39, 0.29) is 0 Å². The average molecular weight is 603 g/mol. The summed E-state index contributed by atoms with van der Waals surface area (Å²) in [5.74, 6) is 2.45. The number of aromatic nitrogens is 4. The number of oxazole rings is 1. The van der Waals surface area contributed by atoms with E-state index in [2.05, 4.69) is 84.9 Å². The Morgan fingerprint density at radius 1 is 0.362 bits per heavy atom. The molecule has 0 amide bonds. The summed E-state index contributed by atoms with van der Waals surface area (Å²) in [5, 5.41) is 4.25. The van der Waals surface area contributed by atoms with Gasteiger partial charge in [0.05, 0.1) is 0 Å². The fraction of sp³-hybridized carbons (Fsp3) is 0. The third-order valence-electron chi connectivity index (χ3n) is 8.53. The van der Waals surface area contributed by atoms with Crippen LogP contribution in [0.5, 0.6) is 0 Å². The predicted molar refractivity (Wildman–Crippen MR) is 190 cm³/mol. The first-order valence-electron chi connectivity index (χ1n) is 15.6. The van der Waals surface area contributed by atoms with E-state index in [0.29, 0.717) is 23.4 Å². The van der Waals surface area contributed by atoms with Crippen LogP contribution in [-0.2, 0) is 0 Å². The predicted octanol–water partition coefficient (Wildman–Crippen LogP) is 10.7. The molecular weight excluding hydrogens is 576 g/mol. The summed E-state index contributed by atoms with van der Waals surface area (Å²) < 4.78 is 6.47. The van der Waals surface area contributed by atoms with E-state index in [0.717, 1.165) is 66.0 Å². The van der Waals surface area contributed by atoms with Crippen molar-refractivity contribution in [2.24, 2.45) is 0 Å². The summed E-state index contributed by atoms with van der Waals surface area (Å²) in [7, 11) is 0. The second-order valence-electron chi connectivity index (χ2n) is 11.5. The molecule has 0 spiro atoms. The van der Waals surface area contributed by atoms with Gasteiger partial charge in [-0.1, -0.05) is 127 Å². The van der Waals surface area contributed by atoms with Crippen LogP contribution in [0.3, 0.4) is 0 Å². The lowest BCUT2D eigenvalue weighted by molar-refractivity contribution is 0.623. The topological polar surface area (TPSA) is 64.7 Å². The summed E-state index contributed by atoms with van der Waals surface area (Å²) in [6.45, 7) is 0. The third-order valence-corrected chi connectivity index (χ3v) is 8.53. The molecule has 47 heavy (non-hydrogen) atoms. The van der Waals surface area contributed by atoms with E-state index < -0.39 is 0 Å². The van der Waals surface area contributed by atoms with Gasteiger partial charge in [0, 0.05) is 27.6 Å². The summed E-state index contributed by atoms with van der Waals surface area (Å²) >= 11 is 0. The van der Waals surface area contributed by atoms with Crippen molar-refractivity contribution < 1.29 is 4.42 Å². The fourth-order valence-electron chi connectivity index (χ4n) is 6.18. The van der Waals surface area contributed by atoms with Gasteiger partial charge in [0.1, 0.15) is 5.52 Å². The van der Waals surface area contributed by atoms with Crippen LogP contribution >= 0.6 is 0 Å². The first-order valence-corrected chi connectivity index (χ1v) is 15.6. The first kappa shape index (κ1) is 26.9. The van der Waals surface area contributed by atoms with Gasteiger partial charge in [0.25, 0.3) is 0 Å². The molecule has 5 heteroatoms. The maximum atomic E-state index is 6.47. The molecule has 9 aromatic rings. The summed E-state index contributed by atoms with van der Waals surface area (Å²) in [6, 6.07) is 53.6. The van der Waals surface area contributed by atoms with Gasteiger partial charge in [-0.05, 0) is 57.6 Å². The van der Waals surface area contributed by atoms with Crippen LogP contribution in [-0.4, -0.2) is 19.9 Å². The zero-order valence-electron chi connectivity index (χ0n) is 25.2. The van der Waals surface area contributed by atoms with Crippen molar-refractivity contribution in [1.29, 1.82) is 0 Å².